The standard InChI is InChI=1S/C20H36O7/c1-16(17(2)21)15-18(22)7-6-9-24-11-13-26-14-12-25-10-8-19(23)27-20(3,4)5/h16H,6-15H2,1-5H3/t16-/m1/s1. The van der Waals surface area contributed by atoms with Gasteiger partial charge < -0.3 is 18.9 Å². The highest BCUT2D eigenvalue weighted by Crippen LogP contribution is 2.08. The lowest BCUT2D eigenvalue weighted by atomic mass is 9.99. The van der Waals surface area contributed by atoms with Crippen molar-refractivity contribution >= 4 is 17.5 Å². The fourth-order valence-electron chi connectivity index (χ4n) is 2.05. The number of rotatable bonds is 16. The van der Waals surface area contributed by atoms with Crippen molar-refractivity contribution in [2.75, 3.05) is 39.6 Å². The first kappa shape index (κ1) is 25.7. The third-order valence-corrected chi connectivity index (χ3v) is 3.59. The lowest BCUT2D eigenvalue weighted by Gasteiger charge is -2.19. The van der Waals surface area contributed by atoms with Crippen molar-refractivity contribution in [3.63, 3.8) is 0 Å². The van der Waals surface area contributed by atoms with Gasteiger partial charge in [0.2, 0.25) is 0 Å². The predicted octanol–water partition coefficient (Wildman–Crippen LogP) is 2.73. The lowest BCUT2D eigenvalue weighted by Crippen LogP contribution is -2.24. The molecule has 7 nitrogen and oxygen atoms in total. The van der Waals surface area contributed by atoms with Crippen LogP contribution < -0.4 is 0 Å². The monoisotopic (exact) mass is 388 g/mol. The van der Waals surface area contributed by atoms with Crippen molar-refractivity contribution in [3.8, 4) is 0 Å². The number of carbonyl (C=O) groups excluding carboxylic acids is 3. The van der Waals surface area contributed by atoms with Crippen molar-refractivity contribution in [2.45, 2.75) is 65.9 Å². The summed E-state index contributed by atoms with van der Waals surface area (Å²) in [7, 11) is 0. The summed E-state index contributed by atoms with van der Waals surface area (Å²) in [5, 5.41) is 0. The number of carbonyl (C=O) groups is 3. The molecule has 1 atom stereocenters. The summed E-state index contributed by atoms with van der Waals surface area (Å²) in [6.07, 6.45) is 1.62. The Bertz CT molecular complexity index is 440. The highest BCUT2D eigenvalue weighted by Gasteiger charge is 2.15. The minimum atomic E-state index is -0.472. The van der Waals surface area contributed by atoms with Gasteiger partial charge in [0, 0.05) is 25.4 Å². The molecule has 0 fully saturated rings. The first-order valence-electron chi connectivity index (χ1n) is 9.59. The Kier molecular flexibility index (Phi) is 14.0. The Morgan fingerprint density at radius 3 is 1.85 bits per heavy atom. The van der Waals surface area contributed by atoms with E-state index in [9.17, 15) is 14.4 Å². The Hall–Kier alpha value is -1.31. The summed E-state index contributed by atoms with van der Waals surface area (Å²) < 4.78 is 21.2. The van der Waals surface area contributed by atoms with Crippen LogP contribution in [0.25, 0.3) is 0 Å². The lowest BCUT2D eigenvalue weighted by molar-refractivity contribution is -0.156. The van der Waals surface area contributed by atoms with Crippen molar-refractivity contribution in [2.24, 2.45) is 5.92 Å². The van der Waals surface area contributed by atoms with Crippen molar-refractivity contribution < 1.29 is 33.3 Å². The van der Waals surface area contributed by atoms with Crippen LogP contribution in [0.5, 0.6) is 0 Å². The molecule has 27 heavy (non-hydrogen) atoms. The van der Waals surface area contributed by atoms with Crippen LogP contribution >= 0.6 is 0 Å². The molecule has 7 heteroatoms. The summed E-state index contributed by atoms with van der Waals surface area (Å²) in [5.74, 6) is -0.323. The Labute approximate surface area is 163 Å². The van der Waals surface area contributed by atoms with Gasteiger partial charge in [0.15, 0.2) is 0 Å². The molecule has 0 amide bonds. The fraction of sp³-hybridized carbons (Fsp3) is 0.850. The fourth-order valence-corrected chi connectivity index (χ4v) is 2.05. The van der Waals surface area contributed by atoms with E-state index in [4.69, 9.17) is 18.9 Å². The van der Waals surface area contributed by atoms with Gasteiger partial charge in [-0.1, -0.05) is 6.92 Å². The molecule has 0 radical (unpaired) electrons. The molecule has 0 N–H and O–H groups in total. The van der Waals surface area contributed by atoms with E-state index in [-0.39, 0.29) is 29.9 Å². The van der Waals surface area contributed by atoms with Crippen LogP contribution in [0.2, 0.25) is 0 Å². The molecule has 0 aromatic carbocycles. The van der Waals surface area contributed by atoms with Gasteiger partial charge >= 0.3 is 5.97 Å². The van der Waals surface area contributed by atoms with E-state index in [0.29, 0.717) is 58.9 Å². The van der Waals surface area contributed by atoms with Crippen molar-refractivity contribution in [1.29, 1.82) is 0 Å². The number of Topliss-reactive ketones (excluding diaryl/α,β-unsaturated/α-hetero) is 2. The summed E-state index contributed by atoms with van der Waals surface area (Å²) in [6.45, 7) is 11.3. The number of hydrogen-bond acceptors (Lipinski definition) is 7. The minimum absolute atomic E-state index is 0.0468. The average molecular weight is 389 g/mol. The Balaban J connectivity index is 3.35. The van der Waals surface area contributed by atoms with Crippen LogP contribution in [-0.4, -0.2) is 62.8 Å². The van der Waals surface area contributed by atoms with Gasteiger partial charge in [0.1, 0.15) is 17.2 Å². The highest BCUT2D eigenvalue weighted by atomic mass is 16.6. The van der Waals surface area contributed by atoms with Gasteiger partial charge in [-0.15, -0.1) is 0 Å². The topological polar surface area (TPSA) is 88.1 Å². The Morgan fingerprint density at radius 1 is 0.815 bits per heavy atom. The van der Waals surface area contributed by atoms with E-state index in [1.54, 1.807) is 6.92 Å². The maximum absolute atomic E-state index is 11.7. The first-order chi connectivity index (χ1) is 12.6. The number of ketones is 2. The van der Waals surface area contributed by atoms with Gasteiger partial charge in [-0.05, 0) is 34.1 Å². The second-order valence-corrected chi connectivity index (χ2v) is 7.53. The molecule has 0 spiro atoms. The quantitative estimate of drug-likeness (QED) is 0.297. The summed E-state index contributed by atoms with van der Waals surface area (Å²) in [5.41, 5.74) is -0.472. The van der Waals surface area contributed by atoms with Crippen LogP contribution in [0.1, 0.15) is 60.3 Å². The SMILES string of the molecule is CC(=O)[C@H](C)CC(=O)CCCOCCOCCOCCC(=O)OC(C)(C)C. The van der Waals surface area contributed by atoms with E-state index >= 15 is 0 Å². The van der Waals surface area contributed by atoms with Gasteiger partial charge in [-0.2, -0.15) is 0 Å². The van der Waals surface area contributed by atoms with Crippen LogP contribution in [0.4, 0.5) is 0 Å². The molecule has 0 aliphatic carbocycles. The van der Waals surface area contributed by atoms with Crippen LogP contribution in [0, 0.1) is 5.92 Å². The molecule has 0 heterocycles. The molecule has 0 saturated heterocycles. The van der Waals surface area contributed by atoms with Gasteiger partial charge in [-0.3, -0.25) is 14.4 Å². The van der Waals surface area contributed by atoms with Crippen LogP contribution in [0.15, 0.2) is 0 Å². The number of esters is 1. The third-order valence-electron chi connectivity index (χ3n) is 3.59. The molecule has 0 bridgehead atoms. The Morgan fingerprint density at radius 2 is 1.33 bits per heavy atom. The summed E-state index contributed by atoms with van der Waals surface area (Å²) >= 11 is 0. The molecule has 0 unspecified atom stereocenters. The number of ether oxygens (including phenoxy) is 4. The molecule has 0 aromatic heterocycles. The summed E-state index contributed by atoms with van der Waals surface area (Å²) in [4.78, 5) is 34.2. The molecule has 0 aliphatic rings. The zero-order chi connectivity index (χ0) is 20.7. The van der Waals surface area contributed by atoms with Gasteiger partial charge in [0.05, 0.1) is 39.5 Å². The first-order valence-corrected chi connectivity index (χ1v) is 9.59. The molecule has 0 aromatic rings. The molecular weight excluding hydrogens is 352 g/mol. The molecule has 0 rings (SSSR count). The smallest absolute Gasteiger partial charge is 0.308 e. The van der Waals surface area contributed by atoms with Crippen LogP contribution in [0.3, 0.4) is 0 Å². The largest absolute Gasteiger partial charge is 0.460 e. The molecule has 0 aliphatic heterocycles. The molecular formula is C20H36O7. The van der Waals surface area contributed by atoms with Crippen molar-refractivity contribution in [1.82, 2.24) is 0 Å². The van der Waals surface area contributed by atoms with E-state index in [2.05, 4.69) is 0 Å². The van der Waals surface area contributed by atoms with Crippen molar-refractivity contribution in [3.05, 3.63) is 0 Å². The highest BCUT2D eigenvalue weighted by molar-refractivity contribution is 5.86. The van der Waals surface area contributed by atoms with E-state index in [1.165, 1.54) is 6.92 Å². The maximum Gasteiger partial charge on any atom is 0.308 e. The predicted molar refractivity (Wildman–Crippen MR) is 102 cm³/mol. The van der Waals surface area contributed by atoms with Gasteiger partial charge in [-0.25, -0.2) is 0 Å². The maximum atomic E-state index is 11.7. The third kappa shape index (κ3) is 17.8. The normalized spacial score (nSPS) is 12.6. The zero-order valence-electron chi connectivity index (χ0n) is 17.5. The summed E-state index contributed by atoms with van der Waals surface area (Å²) in [6, 6.07) is 0. The zero-order valence-corrected chi connectivity index (χ0v) is 17.5. The molecule has 158 valence electrons. The number of hydrogen-bond donors (Lipinski definition) is 0. The second-order valence-electron chi connectivity index (χ2n) is 7.53. The van der Waals surface area contributed by atoms with Crippen LogP contribution in [-0.2, 0) is 33.3 Å². The molecule has 0 saturated carbocycles. The van der Waals surface area contributed by atoms with Gasteiger partial charge in [0.25, 0.3) is 0 Å². The second kappa shape index (κ2) is 14.7. The van der Waals surface area contributed by atoms with E-state index in [1.807, 2.05) is 20.8 Å². The van der Waals surface area contributed by atoms with E-state index < -0.39 is 5.60 Å². The average Bonchev–Trinajstić information content (AvgIpc) is 2.54. The minimum Gasteiger partial charge on any atom is -0.460 e. The van der Waals surface area contributed by atoms with E-state index in [0.717, 1.165) is 0 Å².